The van der Waals surface area contributed by atoms with Crippen LogP contribution >= 0.6 is 0 Å². The molecule has 0 unspecified atom stereocenters. The van der Waals surface area contributed by atoms with Crippen molar-refractivity contribution in [2.24, 2.45) is 0 Å². The van der Waals surface area contributed by atoms with Crippen molar-refractivity contribution >= 4 is 22.6 Å². The first kappa shape index (κ1) is 15.0. The number of fused-ring (bicyclic) bond motifs is 1. The van der Waals surface area contributed by atoms with Gasteiger partial charge in [0.15, 0.2) is 0 Å². The van der Waals surface area contributed by atoms with E-state index in [1.54, 1.807) is 18.2 Å². The van der Waals surface area contributed by atoms with Crippen LogP contribution in [0.2, 0.25) is 0 Å². The average Bonchev–Trinajstić information content (AvgIpc) is 2.50. The topological polar surface area (TPSA) is 66.4 Å². The summed E-state index contributed by atoms with van der Waals surface area (Å²) in [5.74, 6) is -1.24. The lowest BCUT2D eigenvalue weighted by Gasteiger charge is -2.16. The molecule has 0 radical (unpaired) electrons. The Labute approximate surface area is 123 Å². The molecule has 0 saturated carbocycles. The Kier molecular flexibility index (Phi) is 4.58. The van der Waals surface area contributed by atoms with Crippen molar-refractivity contribution < 1.29 is 14.7 Å². The Morgan fingerprint density at radius 2 is 1.62 bits per heavy atom. The van der Waals surface area contributed by atoms with E-state index in [-0.39, 0.29) is 17.5 Å². The predicted octanol–water partition coefficient (Wildman–Crippen LogP) is 3.46. The van der Waals surface area contributed by atoms with Gasteiger partial charge in [0, 0.05) is 17.0 Å². The summed E-state index contributed by atoms with van der Waals surface area (Å²) in [5.41, 5.74) is 0.570. The Hall–Kier alpha value is -2.36. The van der Waals surface area contributed by atoms with Gasteiger partial charge < -0.3 is 10.4 Å². The highest BCUT2D eigenvalue weighted by atomic mass is 16.4. The summed E-state index contributed by atoms with van der Waals surface area (Å²) in [6.45, 7) is 4.03. The minimum absolute atomic E-state index is 0.102. The molecule has 4 nitrogen and oxygen atoms in total. The summed E-state index contributed by atoms with van der Waals surface area (Å²) in [6, 6.07) is 10.4. The second-order valence-corrected chi connectivity index (χ2v) is 5.00. The molecule has 0 fully saturated rings. The fraction of sp³-hybridized carbons (Fsp3) is 0.294. The standard InChI is InChI=1S/C17H19NO3/c1-3-12(4-2)18-16(19)13-9-5-7-11-8-6-10-14(15(11)13)17(20)21/h5-10,12H,3-4H2,1-2H3,(H,18,19)(H,20,21). The molecule has 110 valence electrons. The SMILES string of the molecule is CCC(CC)NC(=O)c1cccc2cccc(C(=O)O)c12. The van der Waals surface area contributed by atoms with Crippen molar-refractivity contribution in [1.29, 1.82) is 0 Å². The molecule has 21 heavy (non-hydrogen) atoms. The van der Waals surface area contributed by atoms with E-state index < -0.39 is 5.97 Å². The molecule has 0 atom stereocenters. The lowest BCUT2D eigenvalue weighted by atomic mass is 9.98. The molecule has 0 aliphatic heterocycles. The number of benzene rings is 2. The Morgan fingerprint density at radius 1 is 1.05 bits per heavy atom. The number of nitrogens with one attached hydrogen (secondary N) is 1. The second-order valence-electron chi connectivity index (χ2n) is 5.00. The van der Waals surface area contributed by atoms with Gasteiger partial charge in [-0.25, -0.2) is 4.79 Å². The third-order valence-electron chi connectivity index (χ3n) is 3.70. The van der Waals surface area contributed by atoms with Crippen LogP contribution < -0.4 is 5.32 Å². The van der Waals surface area contributed by atoms with Crippen molar-refractivity contribution in [3.05, 3.63) is 47.5 Å². The number of aromatic carboxylic acids is 1. The van der Waals surface area contributed by atoms with Gasteiger partial charge in [0.05, 0.1) is 5.56 Å². The third kappa shape index (κ3) is 3.05. The van der Waals surface area contributed by atoms with E-state index >= 15 is 0 Å². The molecule has 0 aliphatic carbocycles. The number of carboxylic acids is 1. The van der Waals surface area contributed by atoms with Crippen LogP contribution in [0, 0.1) is 0 Å². The number of hydrogen-bond acceptors (Lipinski definition) is 2. The summed E-state index contributed by atoms with van der Waals surface area (Å²) >= 11 is 0. The largest absolute Gasteiger partial charge is 0.478 e. The van der Waals surface area contributed by atoms with Crippen molar-refractivity contribution in [2.45, 2.75) is 32.7 Å². The van der Waals surface area contributed by atoms with Crippen LogP contribution in [0.25, 0.3) is 10.8 Å². The molecule has 0 bridgehead atoms. The van der Waals surface area contributed by atoms with Crippen molar-refractivity contribution in [3.8, 4) is 0 Å². The molecule has 4 heteroatoms. The van der Waals surface area contributed by atoms with E-state index in [0.29, 0.717) is 10.9 Å². The van der Waals surface area contributed by atoms with E-state index in [1.165, 1.54) is 6.07 Å². The maximum Gasteiger partial charge on any atom is 0.336 e. The first-order chi connectivity index (χ1) is 10.1. The predicted molar refractivity (Wildman–Crippen MR) is 82.7 cm³/mol. The van der Waals surface area contributed by atoms with Crippen molar-refractivity contribution in [1.82, 2.24) is 5.32 Å². The van der Waals surface area contributed by atoms with Gasteiger partial charge in [-0.3, -0.25) is 4.79 Å². The van der Waals surface area contributed by atoms with Crippen molar-refractivity contribution in [3.63, 3.8) is 0 Å². The Bertz CT molecular complexity index is 670. The Morgan fingerprint density at radius 3 is 2.14 bits per heavy atom. The molecular weight excluding hydrogens is 266 g/mol. The highest BCUT2D eigenvalue weighted by molar-refractivity contribution is 6.14. The van der Waals surface area contributed by atoms with Crippen LogP contribution in [0.5, 0.6) is 0 Å². The van der Waals surface area contributed by atoms with Crippen LogP contribution in [0.3, 0.4) is 0 Å². The minimum Gasteiger partial charge on any atom is -0.478 e. The number of rotatable bonds is 5. The zero-order valence-corrected chi connectivity index (χ0v) is 12.2. The van der Waals surface area contributed by atoms with Gasteiger partial charge in [-0.1, -0.05) is 38.1 Å². The molecule has 2 rings (SSSR count). The summed E-state index contributed by atoms with van der Waals surface area (Å²) in [7, 11) is 0. The quantitative estimate of drug-likeness (QED) is 0.884. The number of carbonyl (C=O) groups is 2. The summed E-state index contributed by atoms with van der Waals surface area (Å²) < 4.78 is 0. The molecule has 2 aromatic carbocycles. The molecule has 0 heterocycles. The van der Waals surface area contributed by atoms with Gasteiger partial charge in [-0.15, -0.1) is 0 Å². The maximum absolute atomic E-state index is 12.5. The van der Waals surface area contributed by atoms with Gasteiger partial charge in [0.25, 0.3) is 5.91 Å². The molecule has 2 N–H and O–H groups in total. The number of amides is 1. The van der Waals surface area contributed by atoms with Crippen LogP contribution in [0.4, 0.5) is 0 Å². The molecule has 0 saturated heterocycles. The molecule has 2 aromatic rings. The Balaban J connectivity index is 2.53. The molecule has 0 aliphatic rings. The van der Waals surface area contributed by atoms with Gasteiger partial charge in [-0.2, -0.15) is 0 Å². The van der Waals surface area contributed by atoms with E-state index in [9.17, 15) is 14.7 Å². The normalized spacial score (nSPS) is 10.8. The van der Waals surface area contributed by atoms with E-state index in [2.05, 4.69) is 5.32 Å². The fourth-order valence-corrected chi connectivity index (χ4v) is 2.46. The summed E-state index contributed by atoms with van der Waals surface area (Å²) in [5, 5.41) is 13.5. The maximum atomic E-state index is 12.5. The molecular formula is C17H19NO3. The van der Waals surface area contributed by atoms with Gasteiger partial charge in [-0.05, 0) is 30.4 Å². The number of carboxylic acid groups (broad SMARTS) is 1. The minimum atomic E-state index is -1.02. The fourth-order valence-electron chi connectivity index (χ4n) is 2.46. The average molecular weight is 285 g/mol. The van der Waals surface area contributed by atoms with Crippen LogP contribution in [-0.2, 0) is 0 Å². The first-order valence-corrected chi connectivity index (χ1v) is 7.14. The molecule has 0 spiro atoms. The van der Waals surface area contributed by atoms with Crippen molar-refractivity contribution in [2.75, 3.05) is 0 Å². The molecule has 1 amide bonds. The second kappa shape index (κ2) is 6.39. The zero-order valence-electron chi connectivity index (χ0n) is 12.2. The van der Waals surface area contributed by atoms with Crippen LogP contribution in [0.1, 0.15) is 47.4 Å². The summed E-state index contributed by atoms with van der Waals surface area (Å²) in [6.07, 6.45) is 1.69. The lowest BCUT2D eigenvalue weighted by molar-refractivity contribution is 0.0699. The van der Waals surface area contributed by atoms with Crippen LogP contribution in [-0.4, -0.2) is 23.0 Å². The van der Waals surface area contributed by atoms with E-state index in [1.807, 2.05) is 26.0 Å². The van der Waals surface area contributed by atoms with Gasteiger partial charge >= 0.3 is 5.97 Å². The number of hydrogen-bond donors (Lipinski definition) is 2. The molecule has 0 aromatic heterocycles. The zero-order chi connectivity index (χ0) is 15.4. The summed E-state index contributed by atoms with van der Waals surface area (Å²) in [4.78, 5) is 23.9. The highest BCUT2D eigenvalue weighted by Gasteiger charge is 2.17. The van der Waals surface area contributed by atoms with Crippen LogP contribution in [0.15, 0.2) is 36.4 Å². The van der Waals surface area contributed by atoms with E-state index in [0.717, 1.165) is 18.2 Å². The van der Waals surface area contributed by atoms with Gasteiger partial charge in [0.1, 0.15) is 0 Å². The third-order valence-corrected chi connectivity index (χ3v) is 3.70. The highest BCUT2D eigenvalue weighted by Crippen LogP contribution is 2.23. The van der Waals surface area contributed by atoms with Gasteiger partial charge in [0.2, 0.25) is 0 Å². The lowest BCUT2D eigenvalue weighted by Crippen LogP contribution is -2.34. The van der Waals surface area contributed by atoms with E-state index in [4.69, 9.17) is 0 Å². The first-order valence-electron chi connectivity index (χ1n) is 7.14. The number of carbonyl (C=O) groups excluding carboxylic acids is 1. The monoisotopic (exact) mass is 285 g/mol. The smallest absolute Gasteiger partial charge is 0.336 e.